The van der Waals surface area contributed by atoms with Crippen LogP contribution in [-0.4, -0.2) is 44.0 Å². The summed E-state index contributed by atoms with van der Waals surface area (Å²) >= 11 is 0. The number of unbranched alkanes of at least 4 members (excludes halogenated alkanes) is 17. The van der Waals surface area contributed by atoms with Gasteiger partial charge >= 0.3 is 0 Å². The second-order valence-corrected chi connectivity index (χ2v) is 14.2. The molecule has 0 aliphatic carbocycles. The summed E-state index contributed by atoms with van der Waals surface area (Å²) in [5.74, 6) is 0. The Hall–Kier alpha value is -1.16. The molecule has 1 saturated heterocycles. The molecule has 0 aromatic rings. The van der Waals surface area contributed by atoms with Crippen molar-refractivity contribution in [1.82, 2.24) is 4.90 Å². The molecule has 0 aromatic heterocycles. The first kappa shape index (κ1) is 42.9. The molecule has 3 unspecified atom stereocenters. The van der Waals surface area contributed by atoms with E-state index in [-0.39, 0.29) is 6.29 Å². The molecule has 0 N–H and O–H groups in total. The SMILES string of the molecule is CCCCCC=CCC=CCCCCCCCCC1CC(CCCCCCCC=CCC=CCCCCC)OC(CCN(C)C)O1. The molecule has 0 radical (unpaired) electrons. The first-order valence-corrected chi connectivity index (χ1v) is 20.2. The van der Waals surface area contributed by atoms with Crippen molar-refractivity contribution in [2.45, 2.75) is 206 Å². The Morgan fingerprint density at radius 2 is 0.826 bits per heavy atom. The zero-order chi connectivity index (χ0) is 33.2. The molecule has 1 aliphatic heterocycles. The zero-order valence-corrected chi connectivity index (χ0v) is 31.4. The van der Waals surface area contributed by atoms with Gasteiger partial charge in [0.15, 0.2) is 6.29 Å². The third kappa shape index (κ3) is 29.0. The molecule has 1 heterocycles. The highest BCUT2D eigenvalue weighted by Gasteiger charge is 2.29. The first-order chi connectivity index (χ1) is 22.7. The van der Waals surface area contributed by atoms with Gasteiger partial charge in [-0.1, -0.05) is 146 Å². The molecule has 0 spiro atoms. The number of ether oxygens (including phenoxy) is 2. The van der Waals surface area contributed by atoms with Crippen LogP contribution in [0.4, 0.5) is 0 Å². The molecular weight excluding hydrogens is 562 g/mol. The molecule has 3 heteroatoms. The number of hydrogen-bond donors (Lipinski definition) is 0. The Bertz CT molecular complexity index is 739. The predicted molar refractivity (Wildman–Crippen MR) is 205 cm³/mol. The number of hydrogen-bond acceptors (Lipinski definition) is 3. The second kappa shape index (κ2) is 33.7. The van der Waals surface area contributed by atoms with Gasteiger partial charge in [0.1, 0.15) is 0 Å². The van der Waals surface area contributed by atoms with Crippen LogP contribution in [0, 0.1) is 0 Å². The molecule has 1 aliphatic rings. The van der Waals surface area contributed by atoms with Gasteiger partial charge in [0.2, 0.25) is 0 Å². The second-order valence-electron chi connectivity index (χ2n) is 14.2. The van der Waals surface area contributed by atoms with Crippen molar-refractivity contribution in [2.75, 3.05) is 20.6 Å². The maximum absolute atomic E-state index is 6.45. The van der Waals surface area contributed by atoms with Crippen LogP contribution in [0.5, 0.6) is 0 Å². The molecule has 268 valence electrons. The van der Waals surface area contributed by atoms with Gasteiger partial charge < -0.3 is 14.4 Å². The quantitative estimate of drug-likeness (QED) is 0.0539. The molecule has 46 heavy (non-hydrogen) atoms. The van der Waals surface area contributed by atoms with Crippen molar-refractivity contribution in [3.63, 3.8) is 0 Å². The zero-order valence-electron chi connectivity index (χ0n) is 31.4. The molecule has 0 amide bonds. The van der Waals surface area contributed by atoms with E-state index >= 15 is 0 Å². The van der Waals surface area contributed by atoms with Crippen molar-refractivity contribution in [3.8, 4) is 0 Å². The average Bonchev–Trinajstić information content (AvgIpc) is 3.05. The summed E-state index contributed by atoms with van der Waals surface area (Å²) in [7, 11) is 4.29. The minimum Gasteiger partial charge on any atom is -0.349 e. The van der Waals surface area contributed by atoms with Gasteiger partial charge in [-0.2, -0.15) is 0 Å². The molecule has 0 saturated carbocycles. The Balaban J connectivity index is 2.12. The van der Waals surface area contributed by atoms with E-state index in [2.05, 4.69) is 81.5 Å². The van der Waals surface area contributed by atoms with Crippen molar-refractivity contribution >= 4 is 0 Å². The lowest BCUT2D eigenvalue weighted by Gasteiger charge is -2.36. The molecule has 0 aromatic carbocycles. The van der Waals surface area contributed by atoms with Crippen LogP contribution >= 0.6 is 0 Å². The van der Waals surface area contributed by atoms with Gasteiger partial charge in [-0.05, 0) is 97.6 Å². The minimum absolute atomic E-state index is 0.0197. The molecule has 1 rings (SSSR count). The van der Waals surface area contributed by atoms with E-state index in [0.717, 1.165) is 32.2 Å². The van der Waals surface area contributed by atoms with Crippen LogP contribution in [0.25, 0.3) is 0 Å². The third-order valence-corrected chi connectivity index (χ3v) is 9.23. The Labute approximate surface area is 288 Å². The molecule has 1 fully saturated rings. The van der Waals surface area contributed by atoms with Gasteiger partial charge in [0.05, 0.1) is 12.2 Å². The Morgan fingerprint density at radius 3 is 1.22 bits per heavy atom. The van der Waals surface area contributed by atoms with E-state index in [1.165, 1.54) is 148 Å². The van der Waals surface area contributed by atoms with Crippen LogP contribution in [-0.2, 0) is 9.47 Å². The Morgan fingerprint density at radius 1 is 0.457 bits per heavy atom. The fraction of sp³-hybridized carbons (Fsp3) is 0.814. The van der Waals surface area contributed by atoms with E-state index in [4.69, 9.17) is 9.47 Å². The van der Waals surface area contributed by atoms with E-state index in [0.29, 0.717) is 12.2 Å². The molecular formula is C43H79NO2. The number of allylic oxidation sites excluding steroid dienone is 8. The van der Waals surface area contributed by atoms with Crippen molar-refractivity contribution < 1.29 is 9.47 Å². The van der Waals surface area contributed by atoms with Gasteiger partial charge in [0.25, 0.3) is 0 Å². The first-order valence-electron chi connectivity index (χ1n) is 20.2. The molecule has 3 nitrogen and oxygen atoms in total. The summed E-state index contributed by atoms with van der Waals surface area (Å²) in [5.41, 5.74) is 0. The van der Waals surface area contributed by atoms with Crippen molar-refractivity contribution in [1.29, 1.82) is 0 Å². The average molecular weight is 642 g/mol. The summed E-state index contributed by atoms with van der Waals surface area (Å²) < 4.78 is 12.9. The lowest BCUT2D eigenvalue weighted by Crippen LogP contribution is -2.39. The molecule has 3 atom stereocenters. The minimum atomic E-state index is -0.0197. The lowest BCUT2D eigenvalue weighted by molar-refractivity contribution is -0.247. The Kier molecular flexibility index (Phi) is 31.4. The van der Waals surface area contributed by atoms with E-state index < -0.39 is 0 Å². The van der Waals surface area contributed by atoms with Gasteiger partial charge in [0, 0.05) is 13.0 Å². The van der Waals surface area contributed by atoms with Crippen LogP contribution in [0.1, 0.15) is 187 Å². The summed E-state index contributed by atoms with van der Waals surface area (Å²) in [6.07, 6.45) is 54.0. The highest BCUT2D eigenvalue weighted by atomic mass is 16.7. The largest absolute Gasteiger partial charge is 0.349 e. The normalized spacial score (nSPS) is 19.3. The highest BCUT2D eigenvalue weighted by Crippen LogP contribution is 2.28. The topological polar surface area (TPSA) is 21.7 Å². The maximum atomic E-state index is 6.45. The number of rotatable bonds is 32. The fourth-order valence-corrected chi connectivity index (χ4v) is 6.28. The summed E-state index contributed by atoms with van der Waals surface area (Å²) in [6, 6.07) is 0. The summed E-state index contributed by atoms with van der Waals surface area (Å²) in [6.45, 7) is 5.56. The highest BCUT2D eigenvalue weighted by molar-refractivity contribution is 4.93. The van der Waals surface area contributed by atoms with Crippen LogP contribution in [0.2, 0.25) is 0 Å². The monoisotopic (exact) mass is 642 g/mol. The predicted octanol–water partition coefficient (Wildman–Crippen LogP) is 13.5. The van der Waals surface area contributed by atoms with E-state index in [1.807, 2.05) is 0 Å². The van der Waals surface area contributed by atoms with Crippen LogP contribution in [0.15, 0.2) is 48.6 Å². The van der Waals surface area contributed by atoms with Crippen LogP contribution < -0.4 is 0 Å². The molecule has 0 bridgehead atoms. The fourth-order valence-electron chi connectivity index (χ4n) is 6.28. The standard InChI is InChI=1S/C43H79NO2/c1-5-7-9-11-13-15-17-19-21-23-25-27-29-31-33-35-37-42-40-41(45-43(46-42)38-39-44(3)4)36-34-32-30-28-26-24-22-20-18-16-14-12-10-8-6-2/h13-16,19-22,41-43H,5-12,17-18,23-40H2,1-4H3. The summed E-state index contributed by atoms with van der Waals surface area (Å²) in [5, 5.41) is 0. The summed E-state index contributed by atoms with van der Waals surface area (Å²) in [4.78, 5) is 2.24. The van der Waals surface area contributed by atoms with Crippen LogP contribution in [0.3, 0.4) is 0 Å². The maximum Gasteiger partial charge on any atom is 0.159 e. The van der Waals surface area contributed by atoms with Gasteiger partial charge in [-0.25, -0.2) is 0 Å². The van der Waals surface area contributed by atoms with E-state index in [1.54, 1.807) is 0 Å². The third-order valence-electron chi connectivity index (χ3n) is 9.23. The lowest BCUT2D eigenvalue weighted by atomic mass is 9.98. The van der Waals surface area contributed by atoms with Crippen molar-refractivity contribution in [2.24, 2.45) is 0 Å². The van der Waals surface area contributed by atoms with E-state index in [9.17, 15) is 0 Å². The number of nitrogens with zero attached hydrogens (tertiary/aromatic N) is 1. The van der Waals surface area contributed by atoms with Gasteiger partial charge in [-0.15, -0.1) is 0 Å². The van der Waals surface area contributed by atoms with Gasteiger partial charge in [-0.3, -0.25) is 0 Å². The van der Waals surface area contributed by atoms with Crippen molar-refractivity contribution in [3.05, 3.63) is 48.6 Å². The smallest absolute Gasteiger partial charge is 0.159 e.